The van der Waals surface area contributed by atoms with Crippen LogP contribution in [0.1, 0.15) is 15.9 Å². The van der Waals surface area contributed by atoms with Crippen LogP contribution in [0.25, 0.3) is 16.8 Å². The summed E-state index contributed by atoms with van der Waals surface area (Å²) in [5.74, 6) is -2.61. The van der Waals surface area contributed by atoms with Gasteiger partial charge in [-0.1, -0.05) is 30.3 Å². The molecule has 2 nitrogen and oxygen atoms in total. The fourth-order valence-electron chi connectivity index (χ4n) is 2.31. The van der Waals surface area contributed by atoms with Crippen LogP contribution >= 0.6 is 0 Å². The van der Waals surface area contributed by atoms with Crippen molar-refractivity contribution in [2.75, 3.05) is 0 Å². The number of Topliss-reactive ketones (excluding diaryl/α,β-unsaturated/α-hetero) is 2. The van der Waals surface area contributed by atoms with Gasteiger partial charge in [0.25, 0.3) is 0 Å². The molecule has 0 fully saturated rings. The number of alkyl halides is 3. The van der Waals surface area contributed by atoms with E-state index in [2.05, 4.69) is 0 Å². The first-order valence-electron chi connectivity index (χ1n) is 5.79. The van der Waals surface area contributed by atoms with Crippen LogP contribution in [0, 0.1) is 0 Å². The highest BCUT2D eigenvalue weighted by molar-refractivity contribution is 6.52. The first-order chi connectivity index (χ1) is 9.39. The smallest absolute Gasteiger partial charge is 0.285 e. The highest BCUT2D eigenvalue weighted by atomic mass is 19.4. The third-order valence-corrected chi connectivity index (χ3v) is 3.26. The summed E-state index contributed by atoms with van der Waals surface area (Å²) in [7, 11) is 0. The number of halogens is 3. The molecule has 0 heterocycles. The van der Waals surface area contributed by atoms with Crippen molar-refractivity contribution in [3.8, 4) is 0 Å². The van der Waals surface area contributed by atoms with E-state index in [1.807, 2.05) is 0 Å². The molecule has 3 rings (SSSR count). The zero-order valence-electron chi connectivity index (χ0n) is 9.99. The molecule has 100 valence electrons. The first kappa shape index (κ1) is 12.6. The van der Waals surface area contributed by atoms with Crippen molar-refractivity contribution >= 4 is 28.4 Å². The van der Waals surface area contributed by atoms with E-state index >= 15 is 0 Å². The SMILES string of the molecule is O=C1C(=O)c2ccc3ccccc3c2C=C1C(F)(F)F. The lowest BCUT2D eigenvalue weighted by Gasteiger charge is -2.18. The summed E-state index contributed by atoms with van der Waals surface area (Å²) in [6, 6.07) is 9.79. The maximum atomic E-state index is 12.8. The summed E-state index contributed by atoms with van der Waals surface area (Å²) in [5, 5.41) is 1.23. The molecule has 2 aromatic rings. The minimum Gasteiger partial charge on any atom is -0.285 e. The minimum atomic E-state index is -4.83. The predicted molar refractivity (Wildman–Crippen MR) is 67.3 cm³/mol. The number of benzene rings is 2. The van der Waals surface area contributed by atoms with E-state index in [0.29, 0.717) is 10.8 Å². The Morgan fingerprint density at radius 2 is 1.55 bits per heavy atom. The highest BCUT2D eigenvalue weighted by Crippen LogP contribution is 2.36. The molecule has 0 amide bonds. The van der Waals surface area contributed by atoms with Gasteiger partial charge in [-0.3, -0.25) is 9.59 Å². The predicted octanol–water partition coefficient (Wildman–Crippen LogP) is 3.55. The summed E-state index contributed by atoms with van der Waals surface area (Å²) in [5.41, 5.74) is -1.24. The second kappa shape index (κ2) is 4.03. The molecule has 0 saturated heterocycles. The molecule has 0 aliphatic heterocycles. The largest absolute Gasteiger partial charge is 0.420 e. The zero-order valence-corrected chi connectivity index (χ0v) is 9.99. The van der Waals surface area contributed by atoms with E-state index in [1.165, 1.54) is 6.07 Å². The lowest BCUT2D eigenvalue weighted by molar-refractivity contribution is -0.125. The molecule has 0 N–H and O–H groups in total. The first-order valence-corrected chi connectivity index (χ1v) is 5.79. The Labute approximate surface area is 111 Å². The minimum absolute atomic E-state index is 0.0155. The summed E-state index contributed by atoms with van der Waals surface area (Å²) in [6.45, 7) is 0. The van der Waals surface area contributed by atoms with Gasteiger partial charge in [0.2, 0.25) is 11.6 Å². The van der Waals surface area contributed by atoms with Gasteiger partial charge in [0, 0.05) is 5.56 Å². The monoisotopic (exact) mass is 276 g/mol. The van der Waals surface area contributed by atoms with Gasteiger partial charge < -0.3 is 0 Å². The lowest BCUT2D eigenvalue weighted by atomic mass is 9.86. The summed E-state index contributed by atoms with van der Waals surface area (Å²) in [4.78, 5) is 23.4. The van der Waals surface area contributed by atoms with Crippen LogP contribution in [0.2, 0.25) is 0 Å². The molecule has 1 aliphatic carbocycles. The van der Waals surface area contributed by atoms with Crippen LogP contribution < -0.4 is 0 Å². The molecule has 0 bridgehead atoms. The molecule has 5 heteroatoms. The molecule has 20 heavy (non-hydrogen) atoms. The number of carbonyl (C=O) groups excluding carboxylic acids is 2. The molecular formula is C15H7F3O2. The van der Waals surface area contributed by atoms with E-state index in [-0.39, 0.29) is 11.1 Å². The molecule has 0 saturated carbocycles. The molecule has 1 aliphatic rings. The fourth-order valence-corrected chi connectivity index (χ4v) is 2.31. The van der Waals surface area contributed by atoms with Crippen LogP contribution in [0.4, 0.5) is 13.2 Å². The van der Waals surface area contributed by atoms with Gasteiger partial charge in [0.1, 0.15) is 5.57 Å². The van der Waals surface area contributed by atoms with E-state index < -0.39 is 23.3 Å². The van der Waals surface area contributed by atoms with Crippen molar-refractivity contribution in [3.05, 3.63) is 53.1 Å². The zero-order chi connectivity index (χ0) is 14.5. The average molecular weight is 276 g/mol. The molecule has 0 unspecified atom stereocenters. The van der Waals surface area contributed by atoms with E-state index in [4.69, 9.17) is 0 Å². The normalized spacial score (nSPS) is 15.2. The van der Waals surface area contributed by atoms with E-state index in [9.17, 15) is 22.8 Å². The number of ketones is 2. The second-order valence-electron chi connectivity index (χ2n) is 4.46. The topological polar surface area (TPSA) is 34.1 Å². The average Bonchev–Trinajstić information content (AvgIpc) is 2.41. The quantitative estimate of drug-likeness (QED) is 0.689. The van der Waals surface area contributed by atoms with E-state index in [1.54, 1.807) is 30.3 Å². The number of allylic oxidation sites excluding steroid dienone is 1. The second-order valence-corrected chi connectivity index (χ2v) is 4.46. The van der Waals surface area contributed by atoms with Crippen molar-refractivity contribution in [3.63, 3.8) is 0 Å². The highest BCUT2D eigenvalue weighted by Gasteiger charge is 2.44. The maximum absolute atomic E-state index is 12.8. The molecule has 0 radical (unpaired) electrons. The van der Waals surface area contributed by atoms with Gasteiger partial charge >= 0.3 is 6.18 Å². The molecule has 0 aromatic heterocycles. The van der Waals surface area contributed by atoms with Crippen molar-refractivity contribution in [2.24, 2.45) is 0 Å². The maximum Gasteiger partial charge on any atom is 0.420 e. The summed E-state index contributed by atoms with van der Waals surface area (Å²) < 4.78 is 38.5. The van der Waals surface area contributed by atoms with Crippen molar-refractivity contribution in [1.82, 2.24) is 0 Å². The van der Waals surface area contributed by atoms with Crippen LogP contribution in [-0.2, 0) is 4.79 Å². The van der Waals surface area contributed by atoms with Crippen LogP contribution in [0.15, 0.2) is 42.0 Å². The number of carbonyl (C=O) groups is 2. The fraction of sp³-hybridized carbons (Fsp3) is 0.0667. The van der Waals surface area contributed by atoms with Crippen LogP contribution in [0.5, 0.6) is 0 Å². The Morgan fingerprint density at radius 3 is 2.25 bits per heavy atom. The van der Waals surface area contributed by atoms with Crippen molar-refractivity contribution in [1.29, 1.82) is 0 Å². The Hall–Kier alpha value is -2.43. The van der Waals surface area contributed by atoms with E-state index in [0.717, 1.165) is 6.08 Å². The molecular weight excluding hydrogens is 269 g/mol. The van der Waals surface area contributed by atoms with Gasteiger partial charge in [-0.25, -0.2) is 0 Å². The van der Waals surface area contributed by atoms with Gasteiger partial charge in [-0.2, -0.15) is 13.2 Å². The number of fused-ring (bicyclic) bond motifs is 3. The lowest BCUT2D eigenvalue weighted by Crippen LogP contribution is -2.29. The number of rotatable bonds is 0. The van der Waals surface area contributed by atoms with Gasteiger partial charge in [0.15, 0.2) is 0 Å². The summed E-state index contributed by atoms with van der Waals surface area (Å²) >= 11 is 0. The Balaban J connectivity index is 2.39. The third-order valence-electron chi connectivity index (χ3n) is 3.26. The van der Waals surface area contributed by atoms with Gasteiger partial charge in [-0.15, -0.1) is 0 Å². The Morgan fingerprint density at radius 1 is 0.850 bits per heavy atom. The van der Waals surface area contributed by atoms with Crippen LogP contribution in [-0.4, -0.2) is 17.7 Å². The van der Waals surface area contributed by atoms with Crippen molar-refractivity contribution in [2.45, 2.75) is 6.18 Å². The summed E-state index contributed by atoms with van der Waals surface area (Å²) in [6.07, 6.45) is -4.07. The number of hydrogen-bond acceptors (Lipinski definition) is 2. The van der Waals surface area contributed by atoms with Gasteiger partial charge in [-0.05, 0) is 28.5 Å². The standard InChI is InChI=1S/C15H7F3O2/c16-15(17,18)12-7-11-9-4-2-1-3-8(9)5-6-10(11)13(19)14(12)20/h1-7H. The number of hydrogen-bond donors (Lipinski definition) is 0. The third kappa shape index (κ3) is 1.74. The molecule has 0 spiro atoms. The molecule has 2 aromatic carbocycles. The van der Waals surface area contributed by atoms with Crippen molar-refractivity contribution < 1.29 is 22.8 Å². The Kier molecular flexibility index (Phi) is 2.54. The molecule has 0 atom stereocenters. The Bertz CT molecular complexity index is 785. The van der Waals surface area contributed by atoms with Gasteiger partial charge in [0.05, 0.1) is 0 Å². The van der Waals surface area contributed by atoms with Crippen LogP contribution in [0.3, 0.4) is 0 Å².